The Kier molecular flexibility index (Phi) is 5.67. The van der Waals surface area contributed by atoms with E-state index in [0.29, 0.717) is 12.6 Å². The summed E-state index contributed by atoms with van der Waals surface area (Å²) in [4.78, 5) is 17.0. The first-order valence-corrected chi connectivity index (χ1v) is 10.5. The standard InChI is InChI=1S/C22H31N5O/c1-17-22(18(2)27(24-17)20-10-4-3-5-11-20)26-14-12-25(13-15-26)16-21(28)23-19-8-6-7-9-19/h3-5,10-11,19H,6-9,12-16H2,1-2H3,(H,23,28). The van der Waals surface area contributed by atoms with Crippen LogP contribution in [-0.2, 0) is 4.79 Å². The summed E-state index contributed by atoms with van der Waals surface area (Å²) >= 11 is 0. The SMILES string of the molecule is Cc1nn(-c2ccccc2)c(C)c1N1CCN(CC(=O)NC2CCCC2)CC1. The molecule has 150 valence electrons. The summed E-state index contributed by atoms with van der Waals surface area (Å²) in [5.74, 6) is 0.185. The van der Waals surface area contributed by atoms with Gasteiger partial charge in [-0.15, -0.1) is 0 Å². The predicted octanol–water partition coefficient (Wildman–Crippen LogP) is 2.67. The normalized spacial score (nSPS) is 18.6. The first kappa shape index (κ1) is 19.0. The number of carbonyl (C=O) groups excluding carboxylic acids is 1. The van der Waals surface area contributed by atoms with E-state index in [9.17, 15) is 4.79 Å². The highest BCUT2D eigenvalue weighted by Gasteiger charge is 2.25. The summed E-state index contributed by atoms with van der Waals surface area (Å²) in [6.45, 7) is 8.43. The molecule has 0 bridgehead atoms. The number of rotatable bonds is 5. The van der Waals surface area contributed by atoms with Gasteiger partial charge in [-0.05, 0) is 38.8 Å². The third kappa shape index (κ3) is 4.07. The second-order valence-corrected chi connectivity index (χ2v) is 8.08. The highest BCUT2D eigenvalue weighted by molar-refractivity contribution is 5.78. The number of nitrogens with zero attached hydrogens (tertiary/aromatic N) is 4. The molecular formula is C22H31N5O. The highest BCUT2D eigenvalue weighted by atomic mass is 16.2. The van der Waals surface area contributed by atoms with Gasteiger partial charge in [0.25, 0.3) is 0 Å². The fourth-order valence-electron chi connectivity index (χ4n) is 4.59. The van der Waals surface area contributed by atoms with Crippen LogP contribution in [0, 0.1) is 13.8 Å². The summed E-state index contributed by atoms with van der Waals surface area (Å²) in [6.07, 6.45) is 4.78. The van der Waals surface area contributed by atoms with Gasteiger partial charge in [0, 0.05) is 32.2 Å². The molecule has 1 aromatic carbocycles. The smallest absolute Gasteiger partial charge is 0.234 e. The summed E-state index contributed by atoms with van der Waals surface area (Å²) in [6, 6.07) is 10.7. The first-order chi connectivity index (χ1) is 13.6. The van der Waals surface area contributed by atoms with Crippen LogP contribution >= 0.6 is 0 Å². The van der Waals surface area contributed by atoms with Crippen LogP contribution in [0.5, 0.6) is 0 Å². The van der Waals surface area contributed by atoms with E-state index >= 15 is 0 Å². The summed E-state index contributed by atoms with van der Waals surface area (Å²) in [5.41, 5.74) is 4.57. The minimum Gasteiger partial charge on any atom is -0.366 e. The van der Waals surface area contributed by atoms with Crippen molar-refractivity contribution in [1.82, 2.24) is 20.0 Å². The van der Waals surface area contributed by atoms with Gasteiger partial charge in [-0.25, -0.2) is 4.68 Å². The molecule has 0 spiro atoms. The first-order valence-electron chi connectivity index (χ1n) is 10.5. The van der Waals surface area contributed by atoms with Gasteiger partial charge in [0.15, 0.2) is 0 Å². The van der Waals surface area contributed by atoms with E-state index in [1.807, 2.05) is 22.9 Å². The molecular weight excluding hydrogens is 350 g/mol. The van der Waals surface area contributed by atoms with Crippen LogP contribution < -0.4 is 10.2 Å². The molecule has 1 aromatic heterocycles. The van der Waals surface area contributed by atoms with Crippen LogP contribution in [0.2, 0.25) is 0 Å². The number of anilines is 1. The minimum absolute atomic E-state index is 0.185. The molecule has 0 unspecified atom stereocenters. The molecule has 1 saturated carbocycles. The van der Waals surface area contributed by atoms with Gasteiger partial charge in [-0.3, -0.25) is 9.69 Å². The number of hydrogen-bond acceptors (Lipinski definition) is 4. The van der Waals surface area contributed by atoms with E-state index in [1.54, 1.807) is 0 Å². The maximum atomic E-state index is 12.3. The number of amides is 1. The van der Waals surface area contributed by atoms with Crippen LogP contribution in [0.3, 0.4) is 0 Å². The number of aryl methyl sites for hydroxylation is 1. The van der Waals surface area contributed by atoms with E-state index in [-0.39, 0.29) is 5.91 Å². The van der Waals surface area contributed by atoms with Gasteiger partial charge in [-0.2, -0.15) is 5.10 Å². The third-order valence-corrected chi connectivity index (χ3v) is 6.03. The van der Waals surface area contributed by atoms with Crippen molar-refractivity contribution in [2.45, 2.75) is 45.6 Å². The lowest BCUT2D eigenvalue weighted by Gasteiger charge is -2.36. The molecule has 6 heteroatoms. The average molecular weight is 382 g/mol. The predicted molar refractivity (Wildman–Crippen MR) is 112 cm³/mol. The van der Waals surface area contributed by atoms with Crippen molar-refractivity contribution in [3.05, 3.63) is 41.7 Å². The molecule has 1 aliphatic carbocycles. The Morgan fingerprint density at radius 2 is 1.75 bits per heavy atom. The summed E-state index contributed by atoms with van der Waals surface area (Å²) in [5, 5.41) is 7.98. The Morgan fingerprint density at radius 1 is 1.07 bits per heavy atom. The lowest BCUT2D eigenvalue weighted by Crippen LogP contribution is -2.50. The number of para-hydroxylation sites is 1. The molecule has 2 aromatic rings. The monoisotopic (exact) mass is 381 g/mol. The average Bonchev–Trinajstić information content (AvgIpc) is 3.31. The van der Waals surface area contributed by atoms with Crippen LogP contribution in [0.1, 0.15) is 37.1 Å². The molecule has 1 aliphatic heterocycles. The lowest BCUT2D eigenvalue weighted by molar-refractivity contribution is -0.123. The van der Waals surface area contributed by atoms with Crippen LogP contribution in [0.15, 0.2) is 30.3 Å². The van der Waals surface area contributed by atoms with Crippen molar-refractivity contribution >= 4 is 11.6 Å². The van der Waals surface area contributed by atoms with Gasteiger partial charge >= 0.3 is 0 Å². The zero-order chi connectivity index (χ0) is 19.5. The van der Waals surface area contributed by atoms with Crippen molar-refractivity contribution in [1.29, 1.82) is 0 Å². The van der Waals surface area contributed by atoms with E-state index in [0.717, 1.165) is 50.4 Å². The Labute approximate surface area is 167 Å². The molecule has 1 N–H and O–H groups in total. The summed E-state index contributed by atoms with van der Waals surface area (Å²) in [7, 11) is 0. The highest BCUT2D eigenvalue weighted by Crippen LogP contribution is 2.27. The molecule has 2 aliphatic rings. The molecule has 6 nitrogen and oxygen atoms in total. The van der Waals surface area contributed by atoms with Crippen LogP contribution in [-0.4, -0.2) is 59.4 Å². The second-order valence-electron chi connectivity index (χ2n) is 8.08. The molecule has 28 heavy (non-hydrogen) atoms. The fourth-order valence-corrected chi connectivity index (χ4v) is 4.59. The Balaban J connectivity index is 1.36. The number of benzene rings is 1. The van der Waals surface area contributed by atoms with Gasteiger partial charge in [0.1, 0.15) is 0 Å². The Morgan fingerprint density at radius 3 is 2.43 bits per heavy atom. The van der Waals surface area contributed by atoms with Gasteiger partial charge in [-0.1, -0.05) is 31.0 Å². The zero-order valence-electron chi connectivity index (χ0n) is 17.0. The summed E-state index contributed by atoms with van der Waals surface area (Å²) < 4.78 is 2.03. The number of carbonyl (C=O) groups is 1. The van der Waals surface area contributed by atoms with Gasteiger partial charge < -0.3 is 10.2 Å². The zero-order valence-corrected chi connectivity index (χ0v) is 17.0. The molecule has 0 radical (unpaired) electrons. The van der Waals surface area contributed by atoms with E-state index in [1.165, 1.54) is 24.2 Å². The van der Waals surface area contributed by atoms with E-state index < -0.39 is 0 Å². The van der Waals surface area contributed by atoms with E-state index in [2.05, 4.69) is 41.1 Å². The van der Waals surface area contributed by atoms with Crippen LogP contribution in [0.25, 0.3) is 5.69 Å². The molecule has 2 fully saturated rings. The van der Waals surface area contributed by atoms with E-state index in [4.69, 9.17) is 5.10 Å². The molecule has 0 atom stereocenters. The number of piperazine rings is 1. The van der Waals surface area contributed by atoms with Crippen molar-refractivity contribution in [2.75, 3.05) is 37.6 Å². The third-order valence-electron chi connectivity index (χ3n) is 6.03. The Hall–Kier alpha value is -2.34. The molecule has 1 amide bonds. The fraction of sp³-hybridized carbons (Fsp3) is 0.545. The van der Waals surface area contributed by atoms with Crippen molar-refractivity contribution in [3.63, 3.8) is 0 Å². The van der Waals surface area contributed by atoms with Crippen molar-refractivity contribution in [3.8, 4) is 5.69 Å². The second kappa shape index (κ2) is 8.35. The van der Waals surface area contributed by atoms with Crippen molar-refractivity contribution in [2.24, 2.45) is 0 Å². The molecule has 2 heterocycles. The minimum atomic E-state index is 0.185. The number of aromatic nitrogens is 2. The number of hydrogen-bond donors (Lipinski definition) is 1. The molecule has 1 saturated heterocycles. The topological polar surface area (TPSA) is 53.4 Å². The number of nitrogens with one attached hydrogen (secondary N) is 1. The molecule has 4 rings (SSSR count). The maximum absolute atomic E-state index is 12.3. The lowest BCUT2D eigenvalue weighted by atomic mass is 10.2. The van der Waals surface area contributed by atoms with Crippen LogP contribution in [0.4, 0.5) is 5.69 Å². The Bertz CT molecular complexity index is 802. The van der Waals surface area contributed by atoms with Gasteiger partial charge in [0.2, 0.25) is 5.91 Å². The quantitative estimate of drug-likeness (QED) is 0.865. The van der Waals surface area contributed by atoms with Gasteiger partial charge in [0.05, 0.1) is 29.3 Å². The van der Waals surface area contributed by atoms with Crippen molar-refractivity contribution < 1.29 is 4.79 Å². The largest absolute Gasteiger partial charge is 0.366 e. The maximum Gasteiger partial charge on any atom is 0.234 e.